The molecule has 0 fully saturated rings. The Morgan fingerprint density at radius 2 is 0.822 bits per heavy atom. The molecular weight excluding hydrogens is 1120 g/mol. The molecule has 6 N–H and O–H groups in total. The number of aliphatic imine (C=N–C) groups is 2. The first-order valence-electron chi connectivity index (χ1n) is 29.0. The summed E-state index contributed by atoms with van der Waals surface area (Å²) in [5.41, 5.74) is 16.2. The predicted molar refractivity (Wildman–Crippen MR) is 357 cm³/mol. The summed E-state index contributed by atoms with van der Waals surface area (Å²) in [5, 5.41) is 60.7. The molecule has 0 saturated heterocycles. The van der Waals surface area contributed by atoms with Gasteiger partial charge in [-0.2, -0.15) is 0 Å². The molecule has 0 bridgehead atoms. The third-order valence-corrected chi connectivity index (χ3v) is 16.2. The van der Waals surface area contributed by atoms with Crippen molar-refractivity contribution in [1.82, 2.24) is 19.5 Å². The fourth-order valence-electron chi connectivity index (χ4n) is 11.9. The van der Waals surface area contributed by atoms with Crippen molar-refractivity contribution in [1.29, 1.82) is 0 Å². The Morgan fingerprint density at radius 3 is 1.38 bits per heavy atom. The molecule has 0 saturated carbocycles. The van der Waals surface area contributed by atoms with E-state index in [1.165, 1.54) is 0 Å². The van der Waals surface area contributed by atoms with E-state index in [1.807, 2.05) is 176 Å². The summed E-state index contributed by atoms with van der Waals surface area (Å²) in [4.78, 5) is 28.1. The third-order valence-electron chi connectivity index (χ3n) is 16.2. The molecule has 1 atom stereocenters. The van der Waals surface area contributed by atoms with Crippen molar-refractivity contribution >= 4 is 73.8 Å². The van der Waals surface area contributed by atoms with Gasteiger partial charge in [0.15, 0.2) is 0 Å². The van der Waals surface area contributed by atoms with Crippen LogP contribution in [0.3, 0.4) is 0 Å². The van der Waals surface area contributed by atoms with Crippen molar-refractivity contribution in [2.24, 2.45) is 9.98 Å². The van der Waals surface area contributed by atoms with Crippen molar-refractivity contribution in [2.45, 2.75) is 5.79 Å². The fourth-order valence-corrected chi connectivity index (χ4v) is 11.9. The molecule has 0 amide bonds. The number of hydrogen-bond acceptors (Lipinski definition) is 13. The largest absolute Gasteiger partial charge is 0.569 e. The first kappa shape index (κ1) is 57.0. The number of nitrogens with zero attached hydrogens (tertiary/aromatic N) is 6. The summed E-state index contributed by atoms with van der Waals surface area (Å²) in [6.45, 7) is 0. The van der Waals surface area contributed by atoms with Crippen LogP contribution in [0.15, 0.2) is 277 Å². The molecule has 14 nitrogen and oxygen atoms in total. The van der Waals surface area contributed by atoms with E-state index in [9.17, 15) is 30.1 Å². The van der Waals surface area contributed by atoms with Gasteiger partial charge in [0, 0.05) is 56.5 Å². The van der Waals surface area contributed by atoms with Gasteiger partial charge in [0.1, 0.15) is 17.3 Å². The normalized spacial score (nSPS) is 13.6. The highest BCUT2D eigenvalue weighted by Gasteiger charge is 2.45. The molecule has 0 aliphatic carbocycles. The van der Waals surface area contributed by atoms with Gasteiger partial charge in [-0.1, -0.05) is 194 Å². The summed E-state index contributed by atoms with van der Waals surface area (Å²) in [6, 6.07) is 81.9. The summed E-state index contributed by atoms with van der Waals surface area (Å²) in [7, 11) is -1.93. The van der Waals surface area contributed by atoms with Crippen molar-refractivity contribution in [2.75, 3.05) is 0 Å². The Hall–Kier alpha value is -10.8. The second-order valence-corrected chi connectivity index (χ2v) is 21.6. The number of aromatic nitrogens is 4. The van der Waals surface area contributed by atoms with E-state index in [4.69, 9.17) is 34.2 Å². The number of benzene rings is 10. The Morgan fingerprint density at radius 1 is 0.378 bits per heavy atom. The quantitative estimate of drug-likeness (QED) is 0.0473. The van der Waals surface area contributed by atoms with E-state index in [0.29, 0.717) is 88.6 Å². The average Bonchev–Trinajstić information content (AvgIpc) is 1.57. The monoisotopic (exact) mass is 1170 g/mol. The van der Waals surface area contributed by atoms with E-state index in [1.54, 1.807) is 60.9 Å². The number of imidazole rings is 1. The predicted octanol–water partition coefficient (Wildman–Crippen LogP) is 10.5. The molecule has 1 unspecified atom stereocenters. The third kappa shape index (κ3) is 10.9. The maximum atomic E-state index is 10.0. The summed E-state index contributed by atoms with van der Waals surface area (Å²) >= 11 is 0. The number of pyridine rings is 2. The van der Waals surface area contributed by atoms with Crippen LogP contribution in [0.2, 0.25) is 0 Å². The lowest BCUT2D eigenvalue weighted by Crippen LogP contribution is -2.31. The number of hydrogen-bond donors (Lipinski definition) is 6. The molecule has 90 heavy (non-hydrogen) atoms. The molecule has 10 aromatic carbocycles. The van der Waals surface area contributed by atoms with Crippen LogP contribution in [0.1, 0.15) is 16.7 Å². The highest BCUT2D eigenvalue weighted by Crippen LogP contribution is 2.48. The van der Waals surface area contributed by atoms with Gasteiger partial charge >= 0.3 is 29.6 Å². The summed E-state index contributed by atoms with van der Waals surface area (Å²) in [6.07, 6.45) is 3.56. The van der Waals surface area contributed by atoms with Crippen LogP contribution in [0, 0.1) is 0 Å². The molecule has 3 aromatic heterocycles. The number of fused-ring (bicyclic) bond motifs is 2. The summed E-state index contributed by atoms with van der Waals surface area (Å²) < 4.78 is 12.7. The highest BCUT2D eigenvalue weighted by molar-refractivity contribution is 6.59. The molecule has 0 spiro atoms. The minimum Gasteiger partial charge on any atom is -0.537 e. The lowest BCUT2D eigenvalue weighted by Gasteiger charge is -2.30. The highest BCUT2D eigenvalue weighted by atomic mass is 16.5. The molecule has 13 aromatic rings. The molecule has 4 heterocycles. The Labute approximate surface area is 519 Å². The van der Waals surface area contributed by atoms with Crippen LogP contribution in [0.25, 0.3) is 100 Å². The Balaban J connectivity index is 1.09. The van der Waals surface area contributed by atoms with Gasteiger partial charge in [-0.3, -0.25) is 14.5 Å². The molecular formula is C72H50B4N6O8. The zero-order valence-electron chi connectivity index (χ0n) is 47.9. The lowest BCUT2D eigenvalue weighted by atomic mass is 9.80. The van der Waals surface area contributed by atoms with Crippen LogP contribution in [-0.4, -0.2) is 90.7 Å². The minimum absolute atomic E-state index is 0.367. The number of rotatable bonds is 17. The van der Waals surface area contributed by atoms with Crippen molar-refractivity contribution in [3.05, 3.63) is 284 Å². The first-order chi connectivity index (χ1) is 44.1. The van der Waals surface area contributed by atoms with Gasteiger partial charge in [0.2, 0.25) is 0 Å². The van der Waals surface area contributed by atoms with Crippen LogP contribution < -0.4 is 20.2 Å². The first-order valence-corrected chi connectivity index (χ1v) is 29.0. The molecule has 18 heteroatoms. The van der Waals surface area contributed by atoms with E-state index in [0.717, 1.165) is 77.5 Å². The second-order valence-electron chi connectivity index (χ2n) is 21.6. The van der Waals surface area contributed by atoms with Gasteiger partial charge in [0.05, 0.1) is 33.8 Å². The van der Waals surface area contributed by atoms with E-state index in [2.05, 4.69) is 34.9 Å². The van der Waals surface area contributed by atoms with E-state index in [-0.39, 0.29) is 0 Å². The van der Waals surface area contributed by atoms with Gasteiger partial charge in [-0.15, -0.1) is 0 Å². The zero-order chi connectivity index (χ0) is 61.3. The van der Waals surface area contributed by atoms with Crippen molar-refractivity contribution in [3.8, 4) is 89.9 Å². The van der Waals surface area contributed by atoms with E-state index >= 15 is 0 Å². The SMILES string of the molecule is O[B]Oc1ccc(-c2cccc(-c3c(-c4ccccc4)nc(-c4ccc5c(-c6ccc(O[B]O)cc6)ccnc5c4)n3C3(c4ccc5c(-c6ccc(B(O)O)cc6)ccnc5c4)N=C(c4ccccc4)C(c4cccc(-c5ccc(B(O)O)cc5)c4)=N3)c2)cc1. The van der Waals surface area contributed by atoms with Crippen LogP contribution in [0.5, 0.6) is 11.5 Å². The minimum atomic E-state index is -1.74. The Bertz CT molecular complexity index is 4870. The van der Waals surface area contributed by atoms with Crippen molar-refractivity contribution < 1.29 is 39.5 Å². The molecule has 1 aliphatic rings. The molecule has 428 valence electrons. The van der Waals surface area contributed by atoms with Gasteiger partial charge < -0.3 is 39.5 Å². The Kier molecular flexibility index (Phi) is 15.4. The maximum absolute atomic E-state index is 10.0. The van der Waals surface area contributed by atoms with Crippen LogP contribution >= 0.6 is 0 Å². The van der Waals surface area contributed by atoms with Crippen LogP contribution in [0.4, 0.5) is 0 Å². The van der Waals surface area contributed by atoms with Crippen molar-refractivity contribution in [3.63, 3.8) is 0 Å². The average molecular weight is 1170 g/mol. The van der Waals surface area contributed by atoms with Crippen LogP contribution in [-0.2, 0) is 5.79 Å². The topological polar surface area (TPSA) is 208 Å². The second kappa shape index (κ2) is 24.4. The lowest BCUT2D eigenvalue weighted by molar-refractivity contribution is 0.409. The smallest absolute Gasteiger partial charge is 0.537 e. The zero-order valence-corrected chi connectivity index (χ0v) is 47.9. The fraction of sp³-hybridized carbons (Fsp3) is 0.0139. The standard InChI is InChI=1S/C72H50B4N6O8/c83-73-89-59-31-21-46(22-32-59)52-14-8-16-54(42-52)70-69(50-11-5-2-6-12-50)79-71(55-25-35-63-62(37-39-77-65(63)43-55)48-23-33-60(34-24-48)90-74-84)82(70)72(56-26-36-64-61(38-40-78-66(64)44-56)47-19-29-58(30-20-47)76(87)88)80-67(49-9-3-1-4-10-49)68(81-72)53-15-7-13-51(41-53)45-17-27-57(28-18-45)75(85)86/h1-44,83-88H. The van der Waals surface area contributed by atoms with Gasteiger partial charge in [0.25, 0.3) is 5.79 Å². The summed E-state index contributed by atoms with van der Waals surface area (Å²) in [5.74, 6) is -0.265. The molecule has 2 radical (unpaired) electrons. The molecule has 1 aliphatic heterocycles. The van der Waals surface area contributed by atoms with E-state index < -0.39 is 20.0 Å². The van der Waals surface area contributed by atoms with Gasteiger partial charge in [-0.25, -0.2) is 15.0 Å². The van der Waals surface area contributed by atoms with Gasteiger partial charge in [-0.05, 0) is 116 Å². The maximum Gasteiger partial charge on any atom is 0.569 e. The molecule has 14 rings (SSSR count).